The summed E-state index contributed by atoms with van der Waals surface area (Å²) in [6, 6.07) is 10.8. The summed E-state index contributed by atoms with van der Waals surface area (Å²) >= 11 is 0. The highest BCUT2D eigenvalue weighted by Crippen LogP contribution is 2.21. The molecule has 1 aliphatic heterocycles. The molecule has 1 aliphatic rings. The molecule has 1 nitrogen and oxygen atoms in total. The van der Waals surface area contributed by atoms with E-state index in [0.29, 0.717) is 0 Å². The summed E-state index contributed by atoms with van der Waals surface area (Å²) < 4.78 is 0. The van der Waals surface area contributed by atoms with Crippen molar-refractivity contribution in [3.8, 4) is 0 Å². The number of rotatable bonds is 1. The summed E-state index contributed by atoms with van der Waals surface area (Å²) in [5.41, 5.74) is 1.48. The monoisotopic (exact) mass is 177 g/mol. The van der Waals surface area contributed by atoms with Gasteiger partial charge in [-0.2, -0.15) is 0 Å². The first kappa shape index (κ1) is 10.3. The molecule has 0 bridgehead atoms. The van der Waals surface area contributed by atoms with Crippen LogP contribution in [0.15, 0.2) is 30.3 Å². The molecule has 72 valence electrons. The van der Waals surface area contributed by atoms with Crippen LogP contribution in [0.25, 0.3) is 0 Å². The third kappa shape index (κ3) is 2.85. The Morgan fingerprint density at radius 3 is 2.38 bits per heavy atom. The highest BCUT2D eigenvalue weighted by Gasteiger charge is 2.15. The summed E-state index contributed by atoms with van der Waals surface area (Å²) in [4.78, 5) is 0. The van der Waals surface area contributed by atoms with E-state index in [9.17, 15) is 0 Å². The van der Waals surface area contributed by atoms with Gasteiger partial charge in [-0.05, 0) is 24.4 Å². The van der Waals surface area contributed by atoms with Crippen molar-refractivity contribution < 1.29 is 0 Å². The zero-order chi connectivity index (χ0) is 9.52. The van der Waals surface area contributed by atoms with Crippen molar-refractivity contribution in [1.82, 2.24) is 5.32 Å². The first-order valence-corrected chi connectivity index (χ1v) is 5.22. The molecule has 1 saturated heterocycles. The molecule has 1 unspecified atom stereocenters. The maximum Gasteiger partial charge on any atom is 0.00206 e. The predicted molar refractivity (Wildman–Crippen MR) is 58.0 cm³/mol. The minimum Gasteiger partial charge on any atom is -0.316 e. The van der Waals surface area contributed by atoms with Gasteiger partial charge >= 0.3 is 0 Å². The third-order valence-electron chi connectivity index (χ3n) is 2.33. The molecule has 1 fully saturated rings. The van der Waals surface area contributed by atoms with Gasteiger partial charge in [0.25, 0.3) is 0 Å². The second kappa shape index (κ2) is 5.76. The molecular formula is C12H19N. The summed E-state index contributed by atoms with van der Waals surface area (Å²) in [5.74, 6) is 0.760. The summed E-state index contributed by atoms with van der Waals surface area (Å²) in [6.07, 6.45) is 1.30. The van der Waals surface area contributed by atoms with E-state index in [-0.39, 0.29) is 0 Å². The predicted octanol–water partition coefficient (Wildman–Crippen LogP) is 2.79. The molecule has 0 saturated carbocycles. The van der Waals surface area contributed by atoms with Gasteiger partial charge in [0.15, 0.2) is 0 Å². The van der Waals surface area contributed by atoms with Crippen molar-refractivity contribution in [2.24, 2.45) is 0 Å². The van der Waals surface area contributed by atoms with Crippen molar-refractivity contribution >= 4 is 0 Å². The van der Waals surface area contributed by atoms with Gasteiger partial charge in [0, 0.05) is 6.54 Å². The topological polar surface area (TPSA) is 12.0 Å². The Hall–Kier alpha value is -0.820. The van der Waals surface area contributed by atoms with Crippen LogP contribution in [-0.2, 0) is 0 Å². The highest BCUT2D eigenvalue weighted by molar-refractivity contribution is 5.20. The fourth-order valence-electron chi connectivity index (χ4n) is 1.66. The Morgan fingerprint density at radius 2 is 1.85 bits per heavy atom. The summed E-state index contributed by atoms with van der Waals surface area (Å²) in [7, 11) is 0. The second-order valence-corrected chi connectivity index (χ2v) is 3.10. The third-order valence-corrected chi connectivity index (χ3v) is 2.33. The van der Waals surface area contributed by atoms with E-state index in [2.05, 4.69) is 35.6 Å². The number of benzene rings is 1. The first-order valence-electron chi connectivity index (χ1n) is 5.22. The van der Waals surface area contributed by atoms with Crippen molar-refractivity contribution in [3.05, 3.63) is 35.9 Å². The normalized spacial score (nSPS) is 20.6. The molecular weight excluding hydrogens is 158 g/mol. The average molecular weight is 177 g/mol. The second-order valence-electron chi connectivity index (χ2n) is 3.10. The maximum atomic E-state index is 3.37. The van der Waals surface area contributed by atoms with E-state index >= 15 is 0 Å². The Bertz CT molecular complexity index is 212. The van der Waals surface area contributed by atoms with E-state index in [4.69, 9.17) is 0 Å². The van der Waals surface area contributed by atoms with Crippen LogP contribution in [0, 0.1) is 0 Å². The molecule has 1 aromatic rings. The maximum absolute atomic E-state index is 3.37. The van der Waals surface area contributed by atoms with Crippen molar-refractivity contribution in [2.45, 2.75) is 26.2 Å². The van der Waals surface area contributed by atoms with Gasteiger partial charge in [0.2, 0.25) is 0 Å². The Labute approximate surface area is 81.2 Å². The molecule has 13 heavy (non-hydrogen) atoms. The highest BCUT2D eigenvalue weighted by atomic mass is 14.9. The van der Waals surface area contributed by atoms with E-state index in [1.165, 1.54) is 18.5 Å². The van der Waals surface area contributed by atoms with Gasteiger partial charge in [-0.3, -0.25) is 0 Å². The molecule has 2 rings (SSSR count). The Morgan fingerprint density at radius 1 is 1.15 bits per heavy atom. The molecule has 0 spiro atoms. The van der Waals surface area contributed by atoms with E-state index in [1.54, 1.807) is 0 Å². The molecule has 0 amide bonds. The van der Waals surface area contributed by atoms with Gasteiger partial charge in [0.05, 0.1) is 0 Å². The van der Waals surface area contributed by atoms with E-state index in [1.807, 2.05) is 13.8 Å². The lowest BCUT2D eigenvalue weighted by Crippen LogP contribution is -2.07. The SMILES string of the molecule is CC.c1ccc(C2CCNC2)cc1. The average Bonchev–Trinajstić information content (AvgIpc) is 2.75. The van der Waals surface area contributed by atoms with Crippen LogP contribution in [0.2, 0.25) is 0 Å². The minimum absolute atomic E-state index is 0.760. The van der Waals surface area contributed by atoms with Crippen LogP contribution in [0.4, 0.5) is 0 Å². The van der Waals surface area contributed by atoms with Crippen LogP contribution in [0.1, 0.15) is 31.7 Å². The molecule has 1 heteroatoms. The quantitative estimate of drug-likeness (QED) is 0.695. The van der Waals surface area contributed by atoms with Gasteiger partial charge in [-0.15, -0.1) is 0 Å². The van der Waals surface area contributed by atoms with Gasteiger partial charge in [-0.1, -0.05) is 44.2 Å². The largest absolute Gasteiger partial charge is 0.316 e. The lowest BCUT2D eigenvalue weighted by Gasteiger charge is -2.06. The van der Waals surface area contributed by atoms with Crippen LogP contribution < -0.4 is 5.32 Å². The van der Waals surface area contributed by atoms with Gasteiger partial charge in [-0.25, -0.2) is 0 Å². The molecule has 1 aromatic carbocycles. The van der Waals surface area contributed by atoms with Gasteiger partial charge in [0.1, 0.15) is 0 Å². The first-order chi connectivity index (χ1) is 6.47. The van der Waals surface area contributed by atoms with Crippen LogP contribution in [0.3, 0.4) is 0 Å². The van der Waals surface area contributed by atoms with E-state index < -0.39 is 0 Å². The van der Waals surface area contributed by atoms with Crippen molar-refractivity contribution in [2.75, 3.05) is 13.1 Å². The Kier molecular flexibility index (Phi) is 4.55. The lowest BCUT2D eigenvalue weighted by molar-refractivity contribution is 0.763. The summed E-state index contributed by atoms with van der Waals surface area (Å²) in [5, 5.41) is 3.37. The smallest absolute Gasteiger partial charge is 0.00206 e. The molecule has 1 N–H and O–H groups in total. The minimum atomic E-state index is 0.760. The van der Waals surface area contributed by atoms with E-state index in [0.717, 1.165) is 12.5 Å². The number of nitrogens with one attached hydrogen (secondary N) is 1. The fraction of sp³-hybridized carbons (Fsp3) is 0.500. The van der Waals surface area contributed by atoms with Crippen molar-refractivity contribution in [1.29, 1.82) is 0 Å². The van der Waals surface area contributed by atoms with Crippen LogP contribution >= 0.6 is 0 Å². The van der Waals surface area contributed by atoms with Gasteiger partial charge < -0.3 is 5.32 Å². The molecule has 0 aliphatic carbocycles. The molecule has 0 radical (unpaired) electrons. The molecule has 1 heterocycles. The zero-order valence-electron chi connectivity index (χ0n) is 8.59. The van der Waals surface area contributed by atoms with Crippen LogP contribution in [0.5, 0.6) is 0 Å². The number of hydrogen-bond donors (Lipinski definition) is 1. The van der Waals surface area contributed by atoms with Crippen molar-refractivity contribution in [3.63, 3.8) is 0 Å². The zero-order valence-corrected chi connectivity index (χ0v) is 8.59. The lowest BCUT2D eigenvalue weighted by atomic mass is 9.99. The molecule has 0 aromatic heterocycles. The Balaban J connectivity index is 0.000000396. The fourth-order valence-corrected chi connectivity index (χ4v) is 1.66. The summed E-state index contributed by atoms with van der Waals surface area (Å²) in [6.45, 7) is 6.34. The molecule has 1 atom stereocenters. The van der Waals surface area contributed by atoms with Crippen LogP contribution in [-0.4, -0.2) is 13.1 Å². The number of hydrogen-bond acceptors (Lipinski definition) is 1. The standard InChI is InChI=1S/C10H13N.C2H6/c1-2-4-9(5-3-1)10-6-7-11-8-10;1-2/h1-5,10-11H,6-8H2;1-2H3.